The molecule has 1 N–H and O–H groups in total. The summed E-state index contributed by atoms with van der Waals surface area (Å²) < 4.78 is 12.9. The summed E-state index contributed by atoms with van der Waals surface area (Å²) in [4.78, 5) is 13.6. The molecule has 21 heavy (non-hydrogen) atoms. The van der Waals surface area contributed by atoms with Crippen LogP contribution in [0.5, 0.6) is 0 Å². The number of carbonyl (C=O) groups is 1. The Morgan fingerprint density at radius 1 is 1.00 bits per heavy atom. The summed E-state index contributed by atoms with van der Waals surface area (Å²) >= 11 is 0. The molecule has 110 valence electrons. The lowest BCUT2D eigenvalue weighted by atomic mass is 10.1. The van der Waals surface area contributed by atoms with Gasteiger partial charge in [-0.2, -0.15) is 0 Å². The summed E-state index contributed by atoms with van der Waals surface area (Å²) in [7, 11) is 3.63. The zero-order valence-electron chi connectivity index (χ0n) is 12.3. The quantitative estimate of drug-likeness (QED) is 0.916. The van der Waals surface area contributed by atoms with Crippen LogP contribution in [0.25, 0.3) is 0 Å². The Labute approximate surface area is 124 Å². The van der Waals surface area contributed by atoms with Crippen LogP contribution >= 0.6 is 0 Å². The van der Waals surface area contributed by atoms with Crippen LogP contribution in [0.15, 0.2) is 48.5 Å². The highest BCUT2D eigenvalue weighted by atomic mass is 19.1. The summed E-state index contributed by atoms with van der Waals surface area (Å²) in [5.41, 5.74) is 2.86. The molecule has 0 atom stereocenters. The van der Waals surface area contributed by atoms with Crippen molar-refractivity contribution in [1.82, 2.24) is 10.2 Å². The summed E-state index contributed by atoms with van der Waals surface area (Å²) in [5, 5.41) is 2.60. The van der Waals surface area contributed by atoms with E-state index in [1.807, 2.05) is 31.3 Å². The zero-order chi connectivity index (χ0) is 15.2. The minimum atomic E-state index is -0.216. The number of nitrogens with one attached hydrogen (secondary N) is 1. The molecule has 2 aromatic rings. The lowest BCUT2D eigenvalue weighted by Gasteiger charge is -2.17. The average Bonchev–Trinajstić information content (AvgIpc) is 2.49. The monoisotopic (exact) mass is 286 g/mol. The van der Waals surface area contributed by atoms with E-state index in [0.717, 1.165) is 24.2 Å². The maximum Gasteiger partial charge on any atom is 0.251 e. The summed E-state index contributed by atoms with van der Waals surface area (Å²) in [6.45, 7) is 1.52. The number of hydrogen-bond donors (Lipinski definition) is 1. The zero-order valence-corrected chi connectivity index (χ0v) is 12.3. The number of carbonyl (C=O) groups excluding carboxylic acids is 1. The van der Waals surface area contributed by atoms with Crippen LogP contribution in [-0.4, -0.2) is 24.9 Å². The first-order chi connectivity index (χ1) is 10.1. The van der Waals surface area contributed by atoms with Crippen molar-refractivity contribution in [2.24, 2.45) is 0 Å². The smallest absolute Gasteiger partial charge is 0.251 e. The third kappa shape index (κ3) is 4.39. The van der Waals surface area contributed by atoms with Gasteiger partial charge in [0.2, 0.25) is 0 Å². The predicted molar refractivity (Wildman–Crippen MR) is 81.4 cm³/mol. The first kappa shape index (κ1) is 15.2. The summed E-state index contributed by atoms with van der Waals surface area (Å²) in [5.74, 6) is -0.299. The van der Waals surface area contributed by atoms with Crippen molar-refractivity contribution >= 4 is 5.91 Å². The third-order valence-corrected chi connectivity index (χ3v) is 3.26. The van der Waals surface area contributed by atoms with Crippen LogP contribution < -0.4 is 5.32 Å². The molecule has 2 aromatic carbocycles. The van der Waals surface area contributed by atoms with Crippen molar-refractivity contribution < 1.29 is 9.18 Å². The van der Waals surface area contributed by atoms with Gasteiger partial charge in [0.05, 0.1) is 0 Å². The van der Waals surface area contributed by atoms with Crippen molar-refractivity contribution in [3.8, 4) is 0 Å². The van der Waals surface area contributed by atoms with E-state index in [0.29, 0.717) is 5.56 Å². The molecule has 0 saturated heterocycles. The fraction of sp³-hybridized carbons (Fsp3) is 0.235. The van der Waals surface area contributed by atoms with Crippen molar-refractivity contribution in [2.75, 3.05) is 14.1 Å². The Morgan fingerprint density at radius 2 is 1.48 bits per heavy atom. The molecule has 0 fully saturated rings. The largest absolute Gasteiger partial charge is 0.355 e. The highest BCUT2D eigenvalue weighted by molar-refractivity contribution is 5.93. The fourth-order valence-electron chi connectivity index (χ4n) is 2.17. The number of rotatable bonds is 5. The Hall–Kier alpha value is -2.20. The number of amides is 1. The van der Waals surface area contributed by atoms with E-state index in [1.54, 1.807) is 19.2 Å². The van der Waals surface area contributed by atoms with Crippen LogP contribution in [0.2, 0.25) is 0 Å². The van der Waals surface area contributed by atoms with Crippen molar-refractivity contribution in [2.45, 2.75) is 13.1 Å². The summed E-state index contributed by atoms with van der Waals surface area (Å²) in [6.07, 6.45) is 0. The maximum absolute atomic E-state index is 12.9. The summed E-state index contributed by atoms with van der Waals surface area (Å²) in [6, 6.07) is 14.1. The van der Waals surface area contributed by atoms with Crippen molar-refractivity contribution in [3.63, 3.8) is 0 Å². The lowest BCUT2D eigenvalue weighted by molar-refractivity contribution is 0.0963. The van der Waals surface area contributed by atoms with Crippen LogP contribution in [0.3, 0.4) is 0 Å². The average molecular weight is 286 g/mol. The molecule has 0 aliphatic rings. The Bertz CT molecular complexity index is 593. The second-order valence-corrected chi connectivity index (χ2v) is 5.07. The molecule has 0 heterocycles. The molecule has 0 bridgehead atoms. The number of benzene rings is 2. The van der Waals surface area contributed by atoms with Gasteiger partial charge in [0.15, 0.2) is 0 Å². The van der Waals surface area contributed by atoms with E-state index >= 15 is 0 Å². The standard InChI is InChI=1S/C17H19FN2O/c1-19-17(21)15-7-3-13(4-8-15)11-20(2)12-14-5-9-16(18)10-6-14/h3-10H,11-12H2,1-2H3,(H,19,21). The van der Waals surface area contributed by atoms with E-state index in [9.17, 15) is 9.18 Å². The fourth-order valence-corrected chi connectivity index (χ4v) is 2.17. The van der Waals surface area contributed by atoms with Gasteiger partial charge in [-0.1, -0.05) is 24.3 Å². The molecular formula is C17H19FN2O. The van der Waals surface area contributed by atoms with Crippen molar-refractivity contribution in [3.05, 3.63) is 71.0 Å². The molecule has 0 saturated carbocycles. The van der Waals surface area contributed by atoms with E-state index < -0.39 is 0 Å². The van der Waals surface area contributed by atoms with Gasteiger partial charge in [-0.3, -0.25) is 9.69 Å². The second kappa shape index (κ2) is 6.99. The lowest BCUT2D eigenvalue weighted by Crippen LogP contribution is -2.19. The van der Waals surface area contributed by atoms with Gasteiger partial charge in [0.1, 0.15) is 5.82 Å². The molecule has 0 aromatic heterocycles. The molecule has 0 aliphatic heterocycles. The SMILES string of the molecule is CNC(=O)c1ccc(CN(C)Cc2ccc(F)cc2)cc1. The van der Waals surface area contributed by atoms with E-state index in [2.05, 4.69) is 10.2 Å². The highest BCUT2D eigenvalue weighted by Crippen LogP contribution is 2.10. The van der Waals surface area contributed by atoms with Gasteiger partial charge >= 0.3 is 0 Å². The second-order valence-electron chi connectivity index (χ2n) is 5.07. The van der Waals surface area contributed by atoms with Gasteiger partial charge in [-0.15, -0.1) is 0 Å². The molecule has 0 unspecified atom stereocenters. The van der Waals surface area contributed by atoms with Gasteiger partial charge in [0, 0.05) is 25.7 Å². The van der Waals surface area contributed by atoms with Crippen molar-refractivity contribution in [1.29, 1.82) is 0 Å². The normalized spacial score (nSPS) is 10.7. The van der Waals surface area contributed by atoms with Gasteiger partial charge in [-0.05, 0) is 42.4 Å². The number of hydrogen-bond acceptors (Lipinski definition) is 2. The Morgan fingerprint density at radius 3 is 1.95 bits per heavy atom. The molecule has 2 rings (SSSR count). The Balaban J connectivity index is 1.94. The van der Waals surface area contributed by atoms with Crippen LogP contribution in [0.4, 0.5) is 4.39 Å². The Kier molecular flexibility index (Phi) is 5.06. The number of nitrogens with zero attached hydrogens (tertiary/aromatic N) is 1. The van der Waals surface area contributed by atoms with Crippen LogP contribution in [-0.2, 0) is 13.1 Å². The first-order valence-corrected chi connectivity index (χ1v) is 6.82. The molecule has 4 heteroatoms. The van der Waals surface area contributed by atoms with Gasteiger partial charge in [0.25, 0.3) is 5.91 Å². The van der Waals surface area contributed by atoms with Gasteiger partial charge < -0.3 is 5.32 Å². The topological polar surface area (TPSA) is 32.3 Å². The molecule has 0 spiro atoms. The molecule has 0 aliphatic carbocycles. The maximum atomic E-state index is 12.9. The van der Waals surface area contributed by atoms with E-state index in [4.69, 9.17) is 0 Å². The first-order valence-electron chi connectivity index (χ1n) is 6.82. The molecule has 0 radical (unpaired) electrons. The van der Waals surface area contributed by atoms with Gasteiger partial charge in [-0.25, -0.2) is 4.39 Å². The van der Waals surface area contributed by atoms with E-state index in [1.165, 1.54) is 12.1 Å². The minimum Gasteiger partial charge on any atom is -0.355 e. The molecular weight excluding hydrogens is 267 g/mol. The van der Waals surface area contributed by atoms with Crippen LogP contribution in [0.1, 0.15) is 21.5 Å². The van der Waals surface area contributed by atoms with Crippen LogP contribution in [0, 0.1) is 5.82 Å². The third-order valence-electron chi connectivity index (χ3n) is 3.26. The highest BCUT2D eigenvalue weighted by Gasteiger charge is 2.05. The number of halogens is 1. The minimum absolute atomic E-state index is 0.0822. The van der Waals surface area contributed by atoms with E-state index in [-0.39, 0.29) is 11.7 Å². The molecule has 1 amide bonds. The molecule has 3 nitrogen and oxygen atoms in total. The predicted octanol–water partition coefficient (Wildman–Crippen LogP) is 2.82.